The molecular weight excluding hydrogens is 1070 g/mol. The Hall–Kier alpha value is -6.12. The summed E-state index contributed by atoms with van der Waals surface area (Å²) >= 11 is 5.85. The van der Waals surface area contributed by atoms with Crippen LogP contribution in [-0.4, -0.2) is 207 Å². The van der Waals surface area contributed by atoms with E-state index in [-0.39, 0.29) is 51.7 Å². The molecule has 1 aliphatic rings. The third kappa shape index (κ3) is 25.7. The molecule has 0 spiro atoms. The molecule has 0 radical (unpaired) electrons. The van der Waals surface area contributed by atoms with Gasteiger partial charge in [-0.15, -0.1) is 11.6 Å². The minimum Gasteiger partial charge on any atom is -0.479 e. The first kappa shape index (κ1) is 70.9. The number of carbonyl (C=O) groups is 11. The molecule has 1 aliphatic heterocycles. The smallest absolute Gasteiger partial charge is 0.335 e. The van der Waals surface area contributed by atoms with Crippen LogP contribution in [0.3, 0.4) is 0 Å². The minimum atomic E-state index is -2.81. The summed E-state index contributed by atoms with van der Waals surface area (Å²) < 4.78 is 5.28. The van der Waals surface area contributed by atoms with E-state index in [1.807, 2.05) is 10.6 Å². The molecule has 1 heterocycles. The van der Waals surface area contributed by atoms with Crippen molar-refractivity contribution in [1.29, 1.82) is 0 Å². The standard InChI is InChI=1S/C48H83ClN12O18/c1-4-6-7-8-9-10-11-13-26(64)22-34(66)53-32-24-79-48(78)36(33(65)23-49)60-46(75)37(38(67)47(76)77)61-39(68)27(5-2)54-45(74)35(25(3)63)59-43(72)28(14-12-18-50)55-42(71)31(17-21-62)58-41(70)29(15-19-51)56-40(69)30(16-20-52)57-44(32)73/h5,25-26,28-33,35-38,62-65,67H,4,6-24,50-52H2,1-3H3,(H,53,66)(H,54,74)(H,55,71)(H,56,69)(H,57,73)(H,58,70)(H,59,72)(H,60,75)(H,61,68)(H,76,77)/b27-5-/t25-,26?,28?,29-,30?,31?,32?,33+,35-,36?,37-,38?/m0/s1. The second-order valence-corrected chi connectivity index (χ2v) is 19.0. The number of hydrogen-bond donors (Lipinski definition) is 18. The minimum absolute atomic E-state index is 0.0188. The number of ether oxygens (including phenoxy) is 1. The second kappa shape index (κ2) is 38.5. The summed E-state index contributed by atoms with van der Waals surface area (Å²) in [5, 5.41) is 82.5. The molecule has 0 aromatic carbocycles. The van der Waals surface area contributed by atoms with Gasteiger partial charge in [0.1, 0.15) is 54.6 Å². The van der Waals surface area contributed by atoms with Crippen LogP contribution in [0.4, 0.5) is 0 Å². The number of halogens is 1. The van der Waals surface area contributed by atoms with Crippen molar-refractivity contribution in [3.8, 4) is 0 Å². The summed E-state index contributed by atoms with van der Waals surface area (Å²) in [5.74, 6) is -15.5. The van der Waals surface area contributed by atoms with E-state index in [2.05, 4.69) is 44.1 Å². The largest absolute Gasteiger partial charge is 0.479 e. The molecule has 12 atom stereocenters. The van der Waals surface area contributed by atoms with E-state index in [0.717, 1.165) is 51.5 Å². The zero-order chi connectivity index (χ0) is 59.8. The van der Waals surface area contributed by atoms with Crippen LogP contribution in [0.5, 0.6) is 0 Å². The second-order valence-electron chi connectivity index (χ2n) is 18.7. The first-order valence-electron chi connectivity index (χ1n) is 26.2. The maximum Gasteiger partial charge on any atom is 0.335 e. The van der Waals surface area contributed by atoms with Crippen molar-refractivity contribution in [2.24, 2.45) is 17.2 Å². The maximum absolute atomic E-state index is 14.1. The van der Waals surface area contributed by atoms with Crippen LogP contribution in [0.25, 0.3) is 0 Å². The highest BCUT2D eigenvalue weighted by Crippen LogP contribution is 2.13. The number of nitrogens with two attached hydrogens (primary N) is 3. The van der Waals surface area contributed by atoms with E-state index < -0.39 is 175 Å². The maximum atomic E-state index is 14.1. The number of rotatable bonds is 25. The van der Waals surface area contributed by atoms with E-state index >= 15 is 0 Å². The molecule has 1 rings (SSSR count). The van der Waals surface area contributed by atoms with Gasteiger partial charge in [-0.1, -0.05) is 57.9 Å². The fourth-order valence-corrected chi connectivity index (χ4v) is 7.89. The molecule has 0 aromatic rings. The summed E-state index contributed by atoms with van der Waals surface area (Å²) in [6, 6.07) is -15.0. The number of unbranched alkanes of at least 4 members (excludes halogenated alkanes) is 6. The van der Waals surface area contributed by atoms with Gasteiger partial charge >= 0.3 is 11.9 Å². The van der Waals surface area contributed by atoms with Gasteiger partial charge in [0.2, 0.25) is 47.3 Å². The molecule has 9 amide bonds. The number of esters is 1. The monoisotopic (exact) mass is 1150 g/mol. The lowest BCUT2D eigenvalue weighted by molar-refractivity contribution is -0.155. The first-order valence-corrected chi connectivity index (χ1v) is 26.8. The number of aliphatic carboxylic acids is 1. The molecule has 0 aliphatic carbocycles. The van der Waals surface area contributed by atoms with Gasteiger partial charge in [0.25, 0.3) is 5.91 Å². The van der Waals surface area contributed by atoms with Crippen molar-refractivity contribution >= 4 is 76.7 Å². The Morgan fingerprint density at radius 3 is 1.66 bits per heavy atom. The van der Waals surface area contributed by atoms with Crippen molar-refractivity contribution in [3.05, 3.63) is 11.8 Å². The topological polar surface area (TPSA) is 505 Å². The fourth-order valence-electron chi connectivity index (χ4n) is 7.72. The van der Waals surface area contributed by atoms with Crippen molar-refractivity contribution in [2.45, 2.75) is 183 Å². The van der Waals surface area contributed by atoms with Gasteiger partial charge in [0, 0.05) is 6.61 Å². The average molecular weight is 1150 g/mol. The summed E-state index contributed by atoms with van der Waals surface area (Å²) in [6.45, 7) is 1.93. The van der Waals surface area contributed by atoms with E-state index in [4.69, 9.17) is 33.5 Å². The third-order valence-electron chi connectivity index (χ3n) is 12.2. The Bertz CT molecular complexity index is 2060. The Morgan fingerprint density at radius 1 is 0.658 bits per heavy atom. The molecule has 79 heavy (non-hydrogen) atoms. The van der Waals surface area contributed by atoms with Crippen LogP contribution in [0.15, 0.2) is 11.8 Å². The van der Waals surface area contributed by atoms with Gasteiger partial charge < -0.3 is 100 Å². The lowest BCUT2D eigenvalue weighted by Crippen LogP contribution is -2.62. The molecular formula is C48H83ClN12O18. The number of nitrogens with one attached hydrogen (secondary N) is 9. The SMILES string of the molecule is C/C=C1\NC(=O)[C@H]([C@H](C)O)NC(=O)C(CCCN)NC(=O)C(CCO)NC(=O)[C@H](CCN)NC(=O)C(CCN)NC(=O)C(NC(=O)CC(O)CCCCCCCCC)COC(=O)C([C@H](O)CCl)NC(=O)[C@H](C(O)C(=O)O)NC1=O. The number of hydrogen-bond acceptors (Lipinski definition) is 20. The van der Waals surface area contributed by atoms with Gasteiger partial charge in [-0.3, -0.25) is 43.2 Å². The summed E-state index contributed by atoms with van der Waals surface area (Å²) in [4.78, 5) is 150. The van der Waals surface area contributed by atoms with Crippen molar-refractivity contribution in [1.82, 2.24) is 47.9 Å². The molecule has 1 fully saturated rings. The van der Waals surface area contributed by atoms with Gasteiger partial charge in [-0.05, 0) is 72.0 Å². The van der Waals surface area contributed by atoms with E-state index in [1.165, 1.54) is 6.92 Å². The molecule has 30 nitrogen and oxygen atoms in total. The number of carboxylic acids is 1. The normalized spacial score (nSPS) is 25.2. The van der Waals surface area contributed by atoms with Gasteiger partial charge in [0.15, 0.2) is 12.1 Å². The summed E-state index contributed by atoms with van der Waals surface area (Å²) in [5.41, 5.74) is 16.5. The lowest BCUT2D eigenvalue weighted by atomic mass is 10.0. The quantitative estimate of drug-likeness (QED) is 0.0175. The van der Waals surface area contributed by atoms with Crippen LogP contribution in [0, 0.1) is 0 Å². The Morgan fingerprint density at radius 2 is 1.16 bits per heavy atom. The molecule has 7 unspecified atom stereocenters. The zero-order valence-electron chi connectivity index (χ0n) is 44.8. The van der Waals surface area contributed by atoms with Crippen molar-refractivity contribution in [2.75, 3.05) is 38.7 Å². The number of carbonyl (C=O) groups excluding carboxylic acids is 10. The molecule has 31 heteroatoms. The number of carboxylic acid groups (broad SMARTS) is 1. The molecule has 0 aromatic heterocycles. The van der Waals surface area contributed by atoms with Gasteiger partial charge in [-0.25, -0.2) is 9.59 Å². The fraction of sp³-hybridized carbons (Fsp3) is 0.729. The van der Waals surface area contributed by atoms with E-state index in [1.54, 1.807) is 0 Å². The van der Waals surface area contributed by atoms with Crippen molar-refractivity contribution in [3.63, 3.8) is 0 Å². The highest BCUT2D eigenvalue weighted by Gasteiger charge is 2.40. The van der Waals surface area contributed by atoms with E-state index in [0.29, 0.717) is 6.42 Å². The van der Waals surface area contributed by atoms with Crippen molar-refractivity contribution < 1.29 is 88.1 Å². The van der Waals surface area contributed by atoms with Crippen LogP contribution < -0.4 is 65.1 Å². The number of amides is 9. The van der Waals surface area contributed by atoms with E-state index in [9.17, 15) is 83.4 Å². The number of aliphatic hydroxyl groups is 5. The Balaban J connectivity index is 3.99. The third-order valence-corrected chi connectivity index (χ3v) is 12.6. The molecule has 0 bridgehead atoms. The summed E-state index contributed by atoms with van der Waals surface area (Å²) in [6.07, 6.45) is -2.07. The molecule has 21 N–H and O–H groups in total. The number of allylic oxidation sites excluding steroid dienone is 1. The van der Waals surface area contributed by atoms with Crippen LogP contribution >= 0.6 is 11.6 Å². The highest BCUT2D eigenvalue weighted by molar-refractivity contribution is 6.18. The predicted octanol–water partition coefficient (Wildman–Crippen LogP) is -6.42. The van der Waals surface area contributed by atoms with Gasteiger partial charge in [-0.2, -0.15) is 0 Å². The van der Waals surface area contributed by atoms with Gasteiger partial charge in [0.05, 0.1) is 30.6 Å². The Labute approximate surface area is 462 Å². The highest BCUT2D eigenvalue weighted by atomic mass is 35.5. The Kier molecular flexibility index (Phi) is 34.5. The zero-order valence-corrected chi connectivity index (χ0v) is 45.6. The lowest BCUT2D eigenvalue weighted by Gasteiger charge is -2.28. The number of aliphatic hydroxyl groups excluding tert-OH is 5. The average Bonchev–Trinajstić information content (AvgIpc) is 3.40. The number of alkyl halides is 1. The molecule has 450 valence electrons. The molecule has 0 saturated carbocycles. The first-order chi connectivity index (χ1) is 37.4. The summed E-state index contributed by atoms with van der Waals surface area (Å²) in [7, 11) is 0. The van der Waals surface area contributed by atoms with Crippen LogP contribution in [-0.2, 0) is 57.5 Å². The number of cyclic esters (lactones) is 1. The molecule has 1 saturated heterocycles. The van der Waals surface area contributed by atoms with Crippen LogP contribution in [0.1, 0.15) is 111 Å². The predicted molar refractivity (Wildman–Crippen MR) is 281 cm³/mol. The van der Waals surface area contributed by atoms with Crippen LogP contribution in [0.2, 0.25) is 0 Å².